The summed E-state index contributed by atoms with van der Waals surface area (Å²) >= 11 is 7.36. The molecule has 0 aromatic heterocycles. The van der Waals surface area contributed by atoms with Crippen LogP contribution in [0, 0.1) is 0 Å². The number of benzene rings is 2. The molecular weight excluding hydrogens is 392 g/mol. The molecule has 0 unspecified atom stereocenters. The SMILES string of the molecule is CCCCNC(=O)[C@H](C)N(Cc1ccccc1)C(=O)CSc1ccc(Cl)cc1. The standard InChI is InChI=1S/C22H27ClN2O2S/c1-3-4-14-24-22(27)17(2)25(15-18-8-6-5-7-9-18)21(26)16-28-20-12-10-19(23)11-13-20/h5-13,17H,3-4,14-16H2,1-2H3,(H,24,27)/t17-/m0/s1. The van der Waals surface area contributed by atoms with E-state index in [1.165, 1.54) is 11.8 Å². The van der Waals surface area contributed by atoms with Gasteiger partial charge in [0.25, 0.3) is 0 Å². The number of unbranched alkanes of at least 4 members (excludes halogenated alkanes) is 1. The number of carbonyl (C=O) groups is 2. The van der Waals surface area contributed by atoms with Crippen molar-refractivity contribution in [2.24, 2.45) is 0 Å². The van der Waals surface area contributed by atoms with Gasteiger partial charge >= 0.3 is 0 Å². The maximum Gasteiger partial charge on any atom is 0.242 e. The van der Waals surface area contributed by atoms with Gasteiger partial charge in [-0.2, -0.15) is 0 Å². The van der Waals surface area contributed by atoms with E-state index in [0.717, 1.165) is 23.3 Å². The number of rotatable bonds is 10. The highest BCUT2D eigenvalue weighted by Gasteiger charge is 2.25. The fourth-order valence-electron chi connectivity index (χ4n) is 2.66. The molecule has 2 aromatic carbocycles. The maximum absolute atomic E-state index is 13.0. The first-order valence-electron chi connectivity index (χ1n) is 9.50. The molecule has 0 saturated carbocycles. The van der Waals surface area contributed by atoms with E-state index in [2.05, 4.69) is 12.2 Å². The van der Waals surface area contributed by atoms with Gasteiger partial charge in [0.1, 0.15) is 6.04 Å². The number of amides is 2. The average molecular weight is 419 g/mol. The predicted molar refractivity (Wildman–Crippen MR) is 117 cm³/mol. The van der Waals surface area contributed by atoms with E-state index in [4.69, 9.17) is 11.6 Å². The zero-order valence-corrected chi connectivity index (χ0v) is 17.9. The fourth-order valence-corrected chi connectivity index (χ4v) is 3.57. The summed E-state index contributed by atoms with van der Waals surface area (Å²) in [5.41, 5.74) is 1.00. The molecule has 1 N–H and O–H groups in total. The Kier molecular flexibility index (Phi) is 9.38. The minimum atomic E-state index is -0.532. The molecule has 28 heavy (non-hydrogen) atoms. The van der Waals surface area contributed by atoms with Gasteiger partial charge in [0.15, 0.2) is 0 Å². The van der Waals surface area contributed by atoms with Crippen LogP contribution < -0.4 is 5.32 Å². The summed E-state index contributed by atoms with van der Waals surface area (Å²) in [5.74, 6) is 0.0808. The van der Waals surface area contributed by atoms with Crippen LogP contribution in [0.1, 0.15) is 32.3 Å². The smallest absolute Gasteiger partial charge is 0.242 e. The lowest BCUT2D eigenvalue weighted by atomic mass is 10.1. The summed E-state index contributed by atoms with van der Waals surface area (Å²) in [7, 11) is 0. The van der Waals surface area contributed by atoms with Gasteiger partial charge in [-0.3, -0.25) is 9.59 Å². The van der Waals surface area contributed by atoms with Crippen molar-refractivity contribution < 1.29 is 9.59 Å². The topological polar surface area (TPSA) is 49.4 Å². The first kappa shape index (κ1) is 22.3. The van der Waals surface area contributed by atoms with Crippen LogP contribution in [0.2, 0.25) is 5.02 Å². The van der Waals surface area contributed by atoms with Crippen molar-refractivity contribution in [3.8, 4) is 0 Å². The number of nitrogens with zero attached hydrogens (tertiary/aromatic N) is 1. The van der Waals surface area contributed by atoms with E-state index in [9.17, 15) is 9.59 Å². The van der Waals surface area contributed by atoms with Crippen LogP contribution in [0.3, 0.4) is 0 Å². The van der Waals surface area contributed by atoms with Crippen molar-refractivity contribution in [3.05, 3.63) is 65.2 Å². The van der Waals surface area contributed by atoms with E-state index in [0.29, 0.717) is 18.1 Å². The van der Waals surface area contributed by atoms with Gasteiger partial charge in [-0.25, -0.2) is 0 Å². The zero-order valence-electron chi connectivity index (χ0n) is 16.4. The fraction of sp³-hybridized carbons (Fsp3) is 0.364. The number of halogens is 1. The van der Waals surface area contributed by atoms with Gasteiger partial charge in [-0.15, -0.1) is 11.8 Å². The van der Waals surface area contributed by atoms with Crippen molar-refractivity contribution >= 4 is 35.2 Å². The minimum Gasteiger partial charge on any atom is -0.354 e. The van der Waals surface area contributed by atoms with Gasteiger partial charge in [0, 0.05) is 23.0 Å². The number of hydrogen-bond acceptors (Lipinski definition) is 3. The Labute approximate surface area is 176 Å². The van der Waals surface area contributed by atoms with Crippen LogP contribution in [0.4, 0.5) is 0 Å². The Morgan fingerprint density at radius 1 is 1.11 bits per heavy atom. The first-order valence-corrected chi connectivity index (χ1v) is 10.9. The van der Waals surface area contributed by atoms with Gasteiger partial charge in [0.2, 0.25) is 11.8 Å². The number of hydrogen-bond donors (Lipinski definition) is 1. The Hall–Kier alpha value is -1.98. The van der Waals surface area contributed by atoms with E-state index in [-0.39, 0.29) is 17.6 Å². The molecule has 0 aliphatic rings. The van der Waals surface area contributed by atoms with Crippen LogP contribution in [0.15, 0.2) is 59.5 Å². The van der Waals surface area contributed by atoms with Gasteiger partial charge < -0.3 is 10.2 Å². The number of thioether (sulfide) groups is 1. The van der Waals surface area contributed by atoms with Crippen molar-refractivity contribution in [2.45, 2.75) is 44.2 Å². The van der Waals surface area contributed by atoms with E-state index in [1.54, 1.807) is 24.0 Å². The van der Waals surface area contributed by atoms with E-state index >= 15 is 0 Å². The summed E-state index contributed by atoms with van der Waals surface area (Å²) < 4.78 is 0. The average Bonchev–Trinajstić information content (AvgIpc) is 2.71. The lowest BCUT2D eigenvalue weighted by Gasteiger charge is -2.28. The van der Waals surface area contributed by atoms with Gasteiger partial charge in [0.05, 0.1) is 5.75 Å². The third-order valence-electron chi connectivity index (χ3n) is 4.37. The maximum atomic E-state index is 13.0. The normalized spacial score (nSPS) is 11.7. The second-order valence-corrected chi connectivity index (χ2v) is 8.06. The molecule has 0 heterocycles. The predicted octanol–water partition coefficient (Wildman–Crippen LogP) is 4.77. The van der Waals surface area contributed by atoms with Crippen molar-refractivity contribution in [1.29, 1.82) is 0 Å². The highest BCUT2D eigenvalue weighted by molar-refractivity contribution is 8.00. The summed E-state index contributed by atoms with van der Waals surface area (Å²) in [6.07, 6.45) is 1.94. The molecule has 1 atom stereocenters. The molecule has 6 heteroatoms. The zero-order chi connectivity index (χ0) is 20.4. The van der Waals surface area contributed by atoms with E-state index < -0.39 is 6.04 Å². The van der Waals surface area contributed by atoms with Crippen molar-refractivity contribution in [1.82, 2.24) is 10.2 Å². The molecule has 2 aromatic rings. The lowest BCUT2D eigenvalue weighted by molar-refractivity contribution is -0.138. The molecule has 0 aliphatic carbocycles. The molecule has 0 radical (unpaired) electrons. The molecule has 150 valence electrons. The molecule has 2 amide bonds. The molecule has 0 spiro atoms. The Morgan fingerprint density at radius 2 is 1.79 bits per heavy atom. The third kappa shape index (κ3) is 7.21. The molecule has 0 aliphatic heterocycles. The number of carbonyl (C=O) groups excluding carboxylic acids is 2. The molecular formula is C22H27ClN2O2S. The van der Waals surface area contributed by atoms with Gasteiger partial charge in [-0.05, 0) is 43.2 Å². The largest absolute Gasteiger partial charge is 0.354 e. The van der Waals surface area contributed by atoms with Crippen LogP contribution >= 0.6 is 23.4 Å². The molecule has 0 fully saturated rings. The Balaban J connectivity index is 2.06. The van der Waals surface area contributed by atoms with Crippen LogP contribution in [-0.2, 0) is 16.1 Å². The second-order valence-electron chi connectivity index (χ2n) is 6.57. The summed E-state index contributed by atoms with van der Waals surface area (Å²) in [6, 6.07) is 16.6. The monoisotopic (exact) mass is 418 g/mol. The Morgan fingerprint density at radius 3 is 2.43 bits per heavy atom. The first-order chi connectivity index (χ1) is 13.5. The van der Waals surface area contributed by atoms with Crippen LogP contribution in [0.5, 0.6) is 0 Å². The molecule has 2 rings (SSSR count). The van der Waals surface area contributed by atoms with Crippen LogP contribution in [-0.4, -0.2) is 35.1 Å². The lowest BCUT2D eigenvalue weighted by Crippen LogP contribution is -2.48. The Bertz CT molecular complexity index is 753. The quantitative estimate of drug-likeness (QED) is 0.446. The van der Waals surface area contributed by atoms with Crippen molar-refractivity contribution in [3.63, 3.8) is 0 Å². The summed E-state index contributed by atoms with van der Waals surface area (Å²) in [5, 5.41) is 3.60. The summed E-state index contributed by atoms with van der Waals surface area (Å²) in [4.78, 5) is 28.1. The van der Waals surface area contributed by atoms with Crippen molar-refractivity contribution in [2.75, 3.05) is 12.3 Å². The van der Waals surface area contributed by atoms with Crippen LogP contribution in [0.25, 0.3) is 0 Å². The molecule has 0 saturated heterocycles. The summed E-state index contributed by atoms with van der Waals surface area (Å²) in [6.45, 7) is 4.90. The van der Waals surface area contributed by atoms with E-state index in [1.807, 2.05) is 42.5 Å². The minimum absolute atomic E-state index is 0.0676. The molecule has 0 bridgehead atoms. The molecule has 4 nitrogen and oxygen atoms in total. The highest BCUT2D eigenvalue weighted by atomic mass is 35.5. The third-order valence-corrected chi connectivity index (χ3v) is 5.62. The number of nitrogens with one attached hydrogen (secondary N) is 1. The van der Waals surface area contributed by atoms with Gasteiger partial charge in [-0.1, -0.05) is 55.3 Å². The second kappa shape index (κ2) is 11.8. The highest BCUT2D eigenvalue weighted by Crippen LogP contribution is 2.21.